The Kier molecular flexibility index (Phi) is 3.48. The van der Waals surface area contributed by atoms with Gasteiger partial charge in [-0.1, -0.05) is 6.92 Å². The molecule has 0 radical (unpaired) electrons. The normalized spacial score (nSPS) is 17.6. The summed E-state index contributed by atoms with van der Waals surface area (Å²) in [5.74, 6) is -0.0931. The van der Waals surface area contributed by atoms with Gasteiger partial charge in [0.15, 0.2) is 0 Å². The number of hydrogen-bond acceptors (Lipinski definition) is 3. The van der Waals surface area contributed by atoms with Crippen LogP contribution in [0.15, 0.2) is 0 Å². The van der Waals surface area contributed by atoms with Crippen LogP contribution in [-0.4, -0.2) is 37.5 Å². The smallest absolute Gasteiger partial charge is 0.240 e. The van der Waals surface area contributed by atoms with Gasteiger partial charge in [0, 0.05) is 13.1 Å². The molecule has 0 aromatic heterocycles. The molecule has 1 aliphatic rings. The van der Waals surface area contributed by atoms with Gasteiger partial charge in [-0.3, -0.25) is 4.79 Å². The minimum atomic E-state index is -0.676. The van der Waals surface area contributed by atoms with Crippen LogP contribution in [-0.2, 0) is 4.79 Å². The first kappa shape index (κ1) is 11.0. The van der Waals surface area contributed by atoms with Crippen LogP contribution in [0.1, 0.15) is 19.8 Å². The molecular formula is C10H17N3O. The molecule has 0 unspecified atom stereocenters. The van der Waals surface area contributed by atoms with Crippen LogP contribution in [0.3, 0.4) is 0 Å². The van der Waals surface area contributed by atoms with E-state index in [2.05, 4.69) is 23.2 Å². The molecule has 1 rings (SSSR count). The number of nitrogens with one attached hydrogen (secondary N) is 1. The maximum absolute atomic E-state index is 11.5. The van der Waals surface area contributed by atoms with E-state index in [0.29, 0.717) is 6.54 Å². The molecule has 0 heterocycles. The van der Waals surface area contributed by atoms with Crippen molar-refractivity contribution in [1.29, 1.82) is 5.26 Å². The van der Waals surface area contributed by atoms with Gasteiger partial charge in [-0.15, -0.1) is 0 Å². The van der Waals surface area contributed by atoms with E-state index >= 15 is 0 Å². The molecule has 0 bridgehead atoms. The molecule has 0 aromatic rings. The second-order valence-electron chi connectivity index (χ2n) is 3.85. The number of carbonyl (C=O) groups is 1. The highest BCUT2D eigenvalue weighted by Crippen LogP contribution is 2.44. The summed E-state index contributed by atoms with van der Waals surface area (Å²) < 4.78 is 0. The standard InChI is InChI=1S/C10H17N3O/c1-3-13(2)7-6-12-9(14)10(8-11)4-5-10/h3-7H2,1-2H3,(H,12,14). The Balaban J connectivity index is 2.20. The van der Waals surface area contributed by atoms with Crippen molar-refractivity contribution in [3.63, 3.8) is 0 Å². The maximum atomic E-state index is 11.5. The molecule has 1 saturated carbocycles. The van der Waals surface area contributed by atoms with Crippen LogP contribution in [0, 0.1) is 16.7 Å². The lowest BCUT2D eigenvalue weighted by atomic mass is 10.1. The lowest BCUT2D eigenvalue weighted by Crippen LogP contribution is -2.36. The minimum absolute atomic E-state index is 0.0931. The summed E-state index contributed by atoms with van der Waals surface area (Å²) in [6.45, 7) is 4.51. The molecule has 4 nitrogen and oxygen atoms in total. The van der Waals surface area contributed by atoms with E-state index in [1.807, 2.05) is 7.05 Å². The van der Waals surface area contributed by atoms with E-state index < -0.39 is 5.41 Å². The molecule has 1 aliphatic carbocycles. The van der Waals surface area contributed by atoms with Crippen molar-refractivity contribution < 1.29 is 4.79 Å². The fourth-order valence-corrected chi connectivity index (χ4v) is 1.20. The SMILES string of the molecule is CCN(C)CCNC(=O)C1(C#N)CC1. The van der Waals surface area contributed by atoms with E-state index in [9.17, 15) is 4.79 Å². The topological polar surface area (TPSA) is 56.1 Å². The number of nitriles is 1. The van der Waals surface area contributed by atoms with Crippen molar-refractivity contribution in [3.05, 3.63) is 0 Å². The lowest BCUT2D eigenvalue weighted by Gasteiger charge is -2.14. The zero-order chi connectivity index (χ0) is 10.6. The van der Waals surface area contributed by atoms with Crippen LogP contribution >= 0.6 is 0 Å². The summed E-state index contributed by atoms with van der Waals surface area (Å²) >= 11 is 0. The highest BCUT2D eigenvalue weighted by atomic mass is 16.2. The molecule has 1 fully saturated rings. The largest absolute Gasteiger partial charge is 0.353 e. The number of rotatable bonds is 5. The maximum Gasteiger partial charge on any atom is 0.240 e. The molecule has 14 heavy (non-hydrogen) atoms. The van der Waals surface area contributed by atoms with Gasteiger partial charge in [0.1, 0.15) is 5.41 Å². The van der Waals surface area contributed by atoms with E-state index in [0.717, 1.165) is 25.9 Å². The molecule has 4 heteroatoms. The fraction of sp³-hybridized carbons (Fsp3) is 0.800. The summed E-state index contributed by atoms with van der Waals surface area (Å²) in [7, 11) is 2.00. The van der Waals surface area contributed by atoms with Crippen LogP contribution in [0.2, 0.25) is 0 Å². The quantitative estimate of drug-likeness (QED) is 0.689. The summed E-state index contributed by atoms with van der Waals surface area (Å²) in [6.07, 6.45) is 1.44. The minimum Gasteiger partial charge on any atom is -0.353 e. The third-order valence-electron chi connectivity index (χ3n) is 2.72. The Morgan fingerprint density at radius 2 is 2.29 bits per heavy atom. The molecule has 0 saturated heterocycles. The molecule has 78 valence electrons. The lowest BCUT2D eigenvalue weighted by molar-refractivity contribution is -0.124. The highest BCUT2D eigenvalue weighted by Gasteiger charge is 2.50. The first-order chi connectivity index (χ1) is 6.64. The first-order valence-corrected chi connectivity index (χ1v) is 5.03. The Labute approximate surface area is 84.9 Å². The van der Waals surface area contributed by atoms with Crippen molar-refractivity contribution in [1.82, 2.24) is 10.2 Å². The Hall–Kier alpha value is -1.08. The Morgan fingerprint density at radius 1 is 1.64 bits per heavy atom. The summed E-state index contributed by atoms with van der Waals surface area (Å²) in [5, 5.41) is 11.6. The van der Waals surface area contributed by atoms with E-state index in [-0.39, 0.29) is 5.91 Å². The first-order valence-electron chi connectivity index (χ1n) is 5.03. The van der Waals surface area contributed by atoms with Crippen LogP contribution in [0.5, 0.6) is 0 Å². The fourth-order valence-electron chi connectivity index (χ4n) is 1.20. The van der Waals surface area contributed by atoms with Gasteiger partial charge in [-0.2, -0.15) is 5.26 Å². The molecule has 0 spiro atoms. The average Bonchev–Trinajstić information content (AvgIpc) is 2.98. The second kappa shape index (κ2) is 4.43. The van der Waals surface area contributed by atoms with E-state index in [1.54, 1.807) is 0 Å². The van der Waals surface area contributed by atoms with Crippen LogP contribution < -0.4 is 5.32 Å². The monoisotopic (exact) mass is 195 g/mol. The third-order valence-corrected chi connectivity index (χ3v) is 2.72. The Bertz CT molecular complexity index is 253. The van der Waals surface area contributed by atoms with Crippen molar-refractivity contribution in [2.75, 3.05) is 26.7 Å². The number of likely N-dealkylation sites (N-methyl/N-ethyl adjacent to an activating group) is 1. The van der Waals surface area contributed by atoms with Gasteiger partial charge in [-0.05, 0) is 26.4 Å². The summed E-state index contributed by atoms with van der Waals surface area (Å²) in [6, 6.07) is 2.08. The van der Waals surface area contributed by atoms with Crippen LogP contribution in [0.25, 0.3) is 0 Å². The number of nitrogens with zero attached hydrogens (tertiary/aromatic N) is 2. The van der Waals surface area contributed by atoms with Gasteiger partial charge in [0.05, 0.1) is 6.07 Å². The molecular weight excluding hydrogens is 178 g/mol. The van der Waals surface area contributed by atoms with Gasteiger partial charge in [0.25, 0.3) is 0 Å². The summed E-state index contributed by atoms with van der Waals surface area (Å²) in [4.78, 5) is 13.6. The van der Waals surface area contributed by atoms with Crippen molar-refractivity contribution >= 4 is 5.91 Å². The second-order valence-corrected chi connectivity index (χ2v) is 3.85. The third kappa shape index (κ3) is 2.46. The van der Waals surface area contributed by atoms with Gasteiger partial charge < -0.3 is 10.2 Å². The van der Waals surface area contributed by atoms with E-state index in [4.69, 9.17) is 5.26 Å². The Morgan fingerprint density at radius 3 is 2.71 bits per heavy atom. The molecule has 0 aromatic carbocycles. The number of hydrogen-bond donors (Lipinski definition) is 1. The van der Waals surface area contributed by atoms with Crippen molar-refractivity contribution in [2.24, 2.45) is 5.41 Å². The highest BCUT2D eigenvalue weighted by molar-refractivity contribution is 5.88. The van der Waals surface area contributed by atoms with Gasteiger partial charge >= 0.3 is 0 Å². The predicted molar refractivity (Wildman–Crippen MR) is 53.5 cm³/mol. The molecule has 1 N–H and O–H groups in total. The number of amides is 1. The zero-order valence-electron chi connectivity index (χ0n) is 8.84. The van der Waals surface area contributed by atoms with Crippen molar-refractivity contribution in [3.8, 4) is 6.07 Å². The molecule has 0 atom stereocenters. The number of carbonyl (C=O) groups excluding carboxylic acids is 1. The van der Waals surface area contributed by atoms with Gasteiger partial charge in [-0.25, -0.2) is 0 Å². The zero-order valence-corrected chi connectivity index (χ0v) is 8.84. The average molecular weight is 195 g/mol. The van der Waals surface area contributed by atoms with E-state index in [1.165, 1.54) is 0 Å². The molecule has 1 amide bonds. The summed E-state index contributed by atoms with van der Waals surface area (Å²) in [5.41, 5.74) is -0.676. The predicted octanol–water partition coefficient (Wildman–Crippen LogP) is 0.358. The molecule has 0 aliphatic heterocycles. The van der Waals surface area contributed by atoms with Crippen molar-refractivity contribution in [2.45, 2.75) is 19.8 Å². The van der Waals surface area contributed by atoms with Crippen LogP contribution in [0.4, 0.5) is 0 Å². The van der Waals surface area contributed by atoms with Gasteiger partial charge in [0.2, 0.25) is 5.91 Å².